The minimum atomic E-state index is -3.50. The fourth-order valence-corrected chi connectivity index (χ4v) is 3.59. The van der Waals surface area contributed by atoms with Crippen molar-refractivity contribution in [3.05, 3.63) is 16.6 Å². The van der Waals surface area contributed by atoms with Crippen molar-refractivity contribution in [1.29, 1.82) is 0 Å². The fourth-order valence-electron chi connectivity index (χ4n) is 2.12. The Bertz CT molecular complexity index is 512. The number of nitrogens with two attached hydrogens (primary N) is 1. The Morgan fingerprint density at radius 2 is 2.33 bits per heavy atom. The van der Waals surface area contributed by atoms with Crippen LogP contribution in [0.1, 0.15) is 12.1 Å². The smallest absolute Gasteiger partial charge is 0.222 e. The van der Waals surface area contributed by atoms with Crippen molar-refractivity contribution in [3.63, 3.8) is 0 Å². The molecule has 1 aliphatic rings. The number of carbonyl (C=O) groups is 1. The molecule has 18 heavy (non-hydrogen) atoms. The lowest BCUT2D eigenvalue weighted by Gasteiger charge is -2.15. The topological polar surface area (TPSA) is 93.4 Å². The zero-order valence-corrected chi connectivity index (χ0v) is 11.4. The number of thiazole rings is 1. The molecular formula is C10H15N3O3S2. The van der Waals surface area contributed by atoms with Crippen molar-refractivity contribution in [2.45, 2.75) is 12.8 Å². The third kappa shape index (κ3) is 3.76. The van der Waals surface area contributed by atoms with Crippen molar-refractivity contribution in [2.75, 3.05) is 18.8 Å². The molecular weight excluding hydrogens is 274 g/mol. The molecule has 1 unspecified atom stereocenters. The minimum Gasteiger partial charge on any atom is -0.342 e. The van der Waals surface area contributed by atoms with Crippen molar-refractivity contribution < 1.29 is 13.2 Å². The van der Waals surface area contributed by atoms with Crippen LogP contribution in [-0.4, -0.2) is 43.1 Å². The van der Waals surface area contributed by atoms with Crippen molar-refractivity contribution in [3.8, 4) is 0 Å². The Hall–Kier alpha value is -0.990. The van der Waals surface area contributed by atoms with Crippen molar-refractivity contribution >= 4 is 27.3 Å². The van der Waals surface area contributed by atoms with Gasteiger partial charge in [0.2, 0.25) is 15.9 Å². The molecule has 0 radical (unpaired) electrons. The molecule has 2 rings (SSSR count). The van der Waals surface area contributed by atoms with Gasteiger partial charge < -0.3 is 4.90 Å². The molecule has 1 aromatic rings. The Morgan fingerprint density at radius 1 is 1.56 bits per heavy atom. The number of likely N-dealkylation sites (tertiary alicyclic amines) is 1. The summed E-state index contributed by atoms with van der Waals surface area (Å²) in [5.74, 6) is -0.298. The Labute approximate surface area is 110 Å². The van der Waals surface area contributed by atoms with E-state index in [0.29, 0.717) is 19.5 Å². The molecule has 0 bridgehead atoms. The van der Waals surface area contributed by atoms with Gasteiger partial charge in [-0.25, -0.2) is 18.5 Å². The highest BCUT2D eigenvalue weighted by Crippen LogP contribution is 2.19. The largest absolute Gasteiger partial charge is 0.342 e. The lowest BCUT2D eigenvalue weighted by molar-refractivity contribution is -0.127. The normalized spacial score (nSPS) is 20.6. The first kappa shape index (κ1) is 13.4. The molecule has 1 saturated heterocycles. The fraction of sp³-hybridized carbons (Fsp3) is 0.600. The van der Waals surface area contributed by atoms with Gasteiger partial charge in [-0.3, -0.25) is 4.79 Å². The van der Waals surface area contributed by atoms with E-state index >= 15 is 0 Å². The quantitative estimate of drug-likeness (QED) is 0.814. The summed E-state index contributed by atoms with van der Waals surface area (Å²) in [5.41, 5.74) is 2.72. The third-order valence-electron chi connectivity index (χ3n) is 2.88. The molecule has 6 nitrogen and oxygen atoms in total. The maximum Gasteiger partial charge on any atom is 0.222 e. The highest BCUT2D eigenvalue weighted by molar-refractivity contribution is 7.89. The van der Waals surface area contributed by atoms with Gasteiger partial charge in [0.15, 0.2) is 0 Å². The number of carbonyl (C=O) groups excluding carboxylic acids is 1. The number of nitrogens with zero attached hydrogens (tertiary/aromatic N) is 2. The van der Waals surface area contributed by atoms with Gasteiger partial charge in [0, 0.05) is 37.2 Å². The van der Waals surface area contributed by atoms with Crippen LogP contribution in [0.25, 0.3) is 0 Å². The van der Waals surface area contributed by atoms with Crippen LogP contribution >= 0.6 is 11.3 Å². The number of hydrogen-bond donors (Lipinski definition) is 1. The van der Waals surface area contributed by atoms with E-state index in [-0.39, 0.29) is 24.0 Å². The Morgan fingerprint density at radius 3 is 2.94 bits per heavy atom. The van der Waals surface area contributed by atoms with E-state index in [1.807, 2.05) is 5.38 Å². The molecule has 2 heterocycles. The molecule has 0 spiro atoms. The minimum absolute atomic E-state index is 0.00104. The second kappa shape index (κ2) is 5.33. The van der Waals surface area contributed by atoms with E-state index in [1.54, 1.807) is 10.4 Å². The average Bonchev–Trinajstić information content (AvgIpc) is 2.83. The van der Waals surface area contributed by atoms with Crippen LogP contribution in [0.4, 0.5) is 0 Å². The molecule has 8 heteroatoms. The number of primary sulfonamides is 1. The Balaban J connectivity index is 1.86. The van der Waals surface area contributed by atoms with Crippen LogP contribution in [0, 0.1) is 5.92 Å². The number of amides is 1. The summed E-state index contributed by atoms with van der Waals surface area (Å²) < 4.78 is 22.0. The molecule has 100 valence electrons. The summed E-state index contributed by atoms with van der Waals surface area (Å²) in [7, 11) is -3.50. The number of aromatic nitrogens is 1. The molecule has 1 atom stereocenters. The van der Waals surface area contributed by atoms with Gasteiger partial charge in [0.25, 0.3) is 0 Å². The summed E-state index contributed by atoms with van der Waals surface area (Å²) in [6.07, 6.45) is 0.977. The number of sulfonamides is 1. The first-order valence-corrected chi connectivity index (χ1v) is 8.25. The van der Waals surface area contributed by atoms with Gasteiger partial charge in [-0.15, -0.1) is 11.3 Å². The molecule has 0 aromatic carbocycles. The lowest BCUT2D eigenvalue weighted by Crippen LogP contribution is -2.29. The highest BCUT2D eigenvalue weighted by atomic mass is 32.2. The summed E-state index contributed by atoms with van der Waals surface area (Å²) in [6.45, 7) is 1.06. The maximum absolute atomic E-state index is 11.7. The third-order valence-corrected chi connectivity index (χ3v) is 4.46. The van der Waals surface area contributed by atoms with Gasteiger partial charge in [-0.2, -0.15) is 0 Å². The van der Waals surface area contributed by atoms with Gasteiger partial charge in [-0.1, -0.05) is 0 Å². The van der Waals surface area contributed by atoms with Crippen LogP contribution in [0.2, 0.25) is 0 Å². The monoisotopic (exact) mass is 289 g/mol. The van der Waals surface area contributed by atoms with Crippen LogP contribution in [-0.2, 0) is 21.2 Å². The van der Waals surface area contributed by atoms with Crippen molar-refractivity contribution in [2.24, 2.45) is 11.1 Å². The number of rotatable bonds is 5. The predicted molar refractivity (Wildman–Crippen MR) is 68.5 cm³/mol. The SMILES string of the molecule is NS(=O)(=O)CC1CC(=O)N(CCc2cscn2)C1. The predicted octanol–water partition coefficient (Wildman–Crippen LogP) is -0.177. The summed E-state index contributed by atoms with van der Waals surface area (Å²) in [6, 6.07) is 0. The molecule has 1 amide bonds. The van der Waals surface area contributed by atoms with E-state index in [9.17, 15) is 13.2 Å². The molecule has 1 fully saturated rings. The van der Waals surface area contributed by atoms with Gasteiger partial charge in [-0.05, 0) is 0 Å². The standard InChI is InChI=1S/C10H15N3O3S2/c11-18(15,16)6-8-3-10(14)13(4-8)2-1-9-5-17-7-12-9/h5,7-8H,1-4,6H2,(H2,11,15,16). The van der Waals surface area contributed by atoms with Crippen LogP contribution in [0.15, 0.2) is 10.9 Å². The van der Waals surface area contributed by atoms with Gasteiger partial charge >= 0.3 is 0 Å². The summed E-state index contributed by atoms with van der Waals surface area (Å²) in [4.78, 5) is 17.5. The van der Waals surface area contributed by atoms with E-state index < -0.39 is 10.0 Å². The zero-order chi connectivity index (χ0) is 13.2. The van der Waals surface area contributed by atoms with Crippen molar-refractivity contribution in [1.82, 2.24) is 9.88 Å². The van der Waals surface area contributed by atoms with Crippen LogP contribution in [0.3, 0.4) is 0 Å². The van der Waals surface area contributed by atoms with E-state index in [0.717, 1.165) is 5.69 Å². The van der Waals surface area contributed by atoms with Gasteiger partial charge in [0.05, 0.1) is 17.0 Å². The van der Waals surface area contributed by atoms with Crippen LogP contribution in [0.5, 0.6) is 0 Å². The summed E-state index contributed by atoms with van der Waals surface area (Å²) >= 11 is 1.52. The average molecular weight is 289 g/mol. The van der Waals surface area contributed by atoms with E-state index in [4.69, 9.17) is 5.14 Å². The zero-order valence-electron chi connectivity index (χ0n) is 9.78. The van der Waals surface area contributed by atoms with Gasteiger partial charge in [0.1, 0.15) is 0 Å². The first-order chi connectivity index (χ1) is 8.44. The molecule has 1 aromatic heterocycles. The van der Waals surface area contributed by atoms with Crippen LogP contribution < -0.4 is 5.14 Å². The number of hydrogen-bond acceptors (Lipinski definition) is 5. The summed E-state index contributed by atoms with van der Waals surface area (Å²) in [5, 5.41) is 6.94. The maximum atomic E-state index is 11.7. The van der Waals surface area contributed by atoms with E-state index in [2.05, 4.69) is 4.98 Å². The second-order valence-corrected chi connectivity index (χ2v) is 6.85. The highest BCUT2D eigenvalue weighted by Gasteiger charge is 2.31. The second-order valence-electron chi connectivity index (χ2n) is 4.47. The van der Waals surface area contributed by atoms with E-state index in [1.165, 1.54) is 11.3 Å². The first-order valence-electron chi connectivity index (χ1n) is 5.59. The Kier molecular flexibility index (Phi) is 3.98. The molecule has 2 N–H and O–H groups in total. The molecule has 1 aliphatic heterocycles. The molecule has 0 saturated carbocycles. The lowest BCUT2D eigenvalue weighted by atomic mass is 10.1. The molecule has 0 aliphatic carbocycles.